The highest BCUT2D eigenvalue weighted by Crippen LogP contribution is 2.56. The first-order chi connectivity index (χ1) is 12.7. The van der Waals surface area contributed by atoms with E-state index in [4.69, 9.17) is 13.6 Å². The summed E-state index contributed by atoms with van der Waals surface area (Å²) in [5.74, 6) is 0.00799. The Labute approximate surface area is 151 Å². The number of halogens is 3. The molecule has 0 amide bonds. The fourth-order valence-electron chi connectivity index (χ4n) is 2.46. The summed E-state index contributed by atoms with van der Waals surface area (Å²) in [5.41, 5.74) is -0.838. The van der Waals surface area contributed by atoms with Crippen molar-refractivity contribution in [1.29, 1.82) is 0 Å². The van der Waals surface area contributed by atoms with E-state index in [1.807, 2.05) is 0 Å². The molecule has 0 spiro atoms. The largest absolute Gasteiger partial charge is 0.530 e. The quantitative estimate of drug-likeness (QED) is 0.392. The van der Waals surface area contributed by atoms with Crippen molar-refractivity contribution in [3.05, 3.63) is 69.8 Å². The average molecular weight is 403 g/mol. The van der Waals surface area contributed by atoms with E-state index in [0.717, 1.165) is 24.3 Å². The minimum atomic E-state index is -4.51. The van der Waals surface area contributed by atoms with Gasteiger partial charge in [-0.1, -0.05) is 12.1 Å². The van der Waals surface area contributed by atoms with Crippen LogP contribution in [-0.4, -0.2) is 11.5 Å². The summed E-state index contributed by atoms with van der Waals surface area (Å²) in [6.45, 7) is -0.0504. The number of alkyl halides is 3. The Morgan fingerprint density at radius 1 is 1.19 bits per heavy atom. The van der Waals surface area contributed by atoms with Gasteiger partial charge >= 0.3 is 14.0 Å². The molecule has 1 aliphatic heterocycles. The van der Waals surface area contributed by atoms with Gasteiger partial charge in [-0.3, -0.25) is 19.2 Å². The van der Waals surface area contributed by atoms with Crippen LogP contribution in [0.1, 0.15) is 23.7 Å². The molecule has 1 saturated heterocycles. The van der Waals surface area contributed by atoms with Crippen LogP contribution in [0.15, 0.2) is 48.5 Å². The average Bonchev–Trinajstić information content (AvgIpc) is 2.61. The molecule has 2 atom stereocenters. The SMILES string of the molecule is O=[N+]([O-])c1ccc(O[P@]2(=O)OCC[C@@H](c3cccc(C(F)(F)F)c3)O2)cc1. The second kappa shape index (κ2) is 7.30. The second-order valence-corrected chi connectivity index (χ2v) is 7.17. The van der Waals surface area contributed by atoms with E-state index in [1.165, 1.54) is 24.3 Å². The Balaban J connectivity index is 1.77. The van der Waals surface area contributed by atoms with Gasteiger partial charge in [-0.2, -0.15) is 13.2 Å². The molecule has 2 aromatic rings. The minimum absolute atomic E-state index is 0.00799. The number of hydrogen-bond donors (Lipinski definition) is 0. The van der Waals surface area contributed by atoms with Gasteiger partial charge in [-0.05, 0) is 29.8 Å². The maximum absolute atomic E-state index is 12.9. The van der Waals surface area contributed by atoms with Gasteiger partial charge in [0.25, 0.3) is 5.69 Å². The molecule has 1 heterocycles. The van der Waals surface area contributed by atoms with Gasteiger partial charge in [0.05, 0.1) is 23.2 Å². The molecule has 1 aliphatic rings. The van der Waals surface area contributed by atoms with Crippen molar-refractivity contribution in [2.24, 2.45) is 0 Å². The molecule has 27 heavy (non-hydrogen) atoms. The molecule has 3 rings (SSSR count). The van der Waals surface area contributed by atoms with E-state index in [0.29, 0.717) is 0 Å². The Morgan fingerprint density at radius 3 is 2.52 bits per heavy atom. The Morgan fingerprint density at radius 2 is 1.89 bits per heavy atom. The van der Waals surface area contributed by atoms with Gasteiger partial charge in [-0.25, -0.2) is 4.57 Å². The lowest BCUT2D eigenvalue weighted by atomic mass is 10.0. The highest BCUT2D eigenvalue weighted by molar-refractivity contribution is 7.49. The van der Waals surface area contributed by atoms with E-state index in [1.54, 1.807) is 0 Å². The molecule has 7 nitrogen and oxygen atoms in total. The molecule has 0 unspecified atom stereocenters. The van der Waals surface area contributed by atoms with Crippen molar-refractivity contribution < 1.29 is 36.2 Å². The number of phosphoric ester groups is 1. The van der Waals surface area contributed by atoms with Gasteiger partial charge in [0.2, 0.25) is 0 Å². The molecule has 1 fully saturated rings. The minimum Gasteiger partial charge on any atom is -0.404 e. The van der Waals surface area contributed by atoms with Crippen LogP contribution >= 0.6 is 7.82 Å². The van der Waals surface area contributed by atoms with Crippen LogP contribution in [0, 0.1) is 10.1 Å². The summed E-state index contributed by atoms with van der Waals surface area (Å²) in [4.78, 5) is 10.0. The Bertz CT molecular complexity index is 886. The monoisotopic (exact) mass is 403 g/mol. The number of nitro groups is 1. The van der Waals surface area contributed by atoms with Crippen LogP contribution in [0.3, 0.4) is 0 Å². The number of nitrogens with zero attached hydrogens (tertiary/aromatic N) is 1. The van der Waals surface area contributed by atoms with Crippen LogP contribution in [0.5, 0.6) is 5.75 Å². The highest BCUT2D eigenvalue weighted by Gasteiger charge is 2.38. The Kier molecular flexibility index (Phi) is 5.23. The summed E-state index contributed by atoms with van der Waals surface area (Å²) in [5, 5.41) is 10.6. The summed E-state index contributed by atoms with van der Waals surface area (Å²) in [6.07, 6.45) is -5.24. The molecule has 0 radical (unpaired) electrons. The number of nitro benzene ring substituents is 1. The number of hydrogen-bond acceptors (Lipinski definition) is 6. The lowest BCUT2D eigenvalue weighted by Crippen LogP contribution is -2.17. The van der Waals surface area contributed by atoms with E-state index in [-0.39, 0.29) is 30.0 Å². The summed E-state index contributed by atoms with van der Waals surface area (Å²) in [7, 11) is -4.10. The van der Waals surface area contributed by atoms with Crippen LogP contribution in [0.25, 0.3) is 0 Å². The van der Waals surface area contributed by atoms with Crippen LogP contribution in [-0.2, 0) is 19.8 Å². The molecule has 0 bridgehead atoms. The third-order valence-electron chi connectivity index (χ3n) is 3.74. The van der Waals surface area contributed by atoms with Gasteiger partial charge < -0.3 is 4.52 Å². The smallest absolute Gasteiger partial charge is 0.404 e. The first-order valence-electron chi connectivity index (χ1n) is 7.70. The van der Waals surface area contributed by atoms with Crippen molar-refractivity contribution in [2.45, 2.75) is 18.7 Å². The number of rotatable bonds is 4. The van der Waals surface area contributed by atoms with Gasteiger partial charge in [-0.15, -0.1) is 0 Å². The summed E-state index contributed by atoms with van der Waals surface area (Å²) < 4.78 is 66.8. The van der Waals surface area contributed by atoms with Gasteiger partial charge in [0.15, 0.2) is 0 Å². The zero-order valence-electron chi connectivity index (χ0n) is 13.6. The summed E-state index contributed by atoms with van der Waals surface area (Å²) in [6, 6.07) is 9.25. The van der Waals surface area contributed by atoms with Crippen LogP contribution in [0.2, 0.25) is 0 Å². The van der Waals surface area contributed by atoms with E-state index < -0.39 is 30.6 Å². The first kappa shape index (κ1) is 19.3. The van der Waals surface area contributed by atoms with Crippen molar-refractivity contribution in [2.75, 3.05) is 6.61 Å². The molecule has 0 saturated carbocycles. The van der Waals surface area contributed by atoms with Gasteiger partial charge in [0, 0.05) is 18.6 Å². The van der Waals surface area contributed by atoms with Crippen LogP contribution < -0.4 is 4.52 Å². The molecule has 11 heteroatoms. The summed E-state index contributed by atoms with van der Waals surface area (Å²) >= 11 is 0. The Hall–Kier alpha value is -2.42. The third kappa shape index (κ3) is 4.65. The maximum Gasteiger partial charge on any atom is 0.530 e. The maximum atomic E-state index is 12.9. The zero-order chi connectivity index (χ0) is 19.7. The topological polar surface area (TPSA) is 87.9 Å². The predicted octanol–water partition coefficient (Wildman–Crippen LogP) is 5.28. The van der Waals surface area contributed by atoms with Gasteiger partial charge in [0.1, 0.15) is 5.75 Å². The van der Waals surface area contributed by atoms with E-state index in [2.05, 4.69) is 0 Å². The van der Waals surface area contributed by atoms with Crippen molar-refractivity contribution in [3.63, 3.8) is 0 Å². The van der Waals surface area contributed by atoms with Crippen molar-refractivity contribution in [1.82, 2.24) is 0 Å². The zero-order valence-corrected chi connectivity index (χ0v) is 14.5. The molecular weight excluding hydrogens is 390 g/mol. The highest BCUT2D eigenvalue weighted by atomic mass is 31.2. The number of phosphoric acid groups is 1. The number of non-ortho nitro benzene ring substituents is 1. The molecule has 0 aliphatic carbocycles. The molecule has 144 valence electrons. The van der Waals surface area contributed by atoms with E-state index >= 15 is 0 Å². The van der Waals surface area contributed by atoms with E-state index in [9.17, 15) is 27.9 Å². The fraction of sp³-hybridized carbons (Fsp3) is 0.250. The predicted molar refractivity (Wildman–Crippen MR) is 87.2 cm³/mol. The molecule has 0 N–H and O–H groups in total. The molecular formula is C16H13F3NO6P. The normalized spacial score (nSPS) is 23.0. The lowest BCUT2D eigenvalue weighted by molar-refractivity contribution is -0.384. The van der Waals surface area contributed by atoms with Crippen molar-refractivity contribution >= 4 is 13.5 Å². The standard InChI is InChI=1S/C16H13F3NO6P/c17-16(18,19)12-3-1-2-11(10-12)15-8-9-24-27(23,26-15)25-14-6-4-13(5-7-14)20(21)22/h1-7,10,15H,8-9H2/t15-,27-/m0/s1. The first-order valence-corrected chi connectivity index (χ1v) is 9.16. The third-order valence-corrected chi connectivity index (χ3v) is 5.18. The van der Waals surface area contributed by atoms with Crippen LogP contribution in [0.4, 0.5) is 18.9 Å². The second-order valence-electron chi connectivity index (χ2n) is 5.63. The van der Waals surface area contributed by atoms with Crippen molar-refractivity contribution in [3.8, 4) is 5.75 Å². The lowest BCUT2D eigenvalue weighted by Gasteiger charge is -2.29. The molecule has 2 aromatic carbocycles. The number of benzene rings is 2. The molecule has 0 aromatic heterocycles. The fourth-order valence-corrected chi connectivity index (χ4v) is 3.86.